The summed E-state index contributed by atoms with van der Waals surface area (Å²) in [6.45, 7) is 0. The van der Waals surface area contributed by atoms with Crippen LogP contribution in [0.1, 0.15) is 15.9 Å². The molecule has 17 heavy (non-hydrogen) atoms. The van der Waals surface area contributed by atoms with Crippen LogP contribution in [0, 0.1) is 0 Å². The fraction of sp³-hybridized carbons (Fsp3) is 0.333. The standard InChI is InChI=1S/C12H12O5/c1-15-8-4-3-7-5-10(12(14)16-2)17-11(13)9(7)6-8/h3-4,6,10H,5H2,1-2H3/t10-/m0/s1. The third kappa shape index (κ3) is 2.08. The van der Waals surface area contributed by atoms with Gasteiger partial charge in [0.25, 0.3) is 0 Å². The van der Waals surface area contributed by atoms with Crippen molar-refractivity contribution in [2.24, 2.45) is 0 Å². The normalized spacial score (nSPS) is 18.0. The number of fused-ring (bicyclic) bond motifs is 1. The maximum absolute atomic E-state index is 11.7. The first-order valence-corrected chi connectivity index (χ1v) is 5.11. The third-order valence-corrected chi connectivity index (χ3v) is 2.66. The Labute approximate surface area is 98.3 Å². The van der Waals surface area contributed by atoms with Gasteiger partial charge in [0.05, 0.1) is 19.8 Å². The van der Waals surface area contributed by atoms with Gasteiger partial charge < -0.3 is 14.2 Å². The molecule has 1 aliphatic heterocycles. The number of esters is 2. The van der Waals surface area contributed by atoms with Crippen LogP contribution >= 0.6 is 0 Å². The molecule has 1 atom stereocenters. The first-order chi connectivity index (χ1) is 8.15. The molecule has 5 nitrogen and oxygen atoms in total. The molecule has 0 N–H and O–H groups in total. The third-order valence-electron chi connectivity index (χ3n) is 2.66. The molecule has 0 saturated heterocycles. The average molecular weight is 236 g/mol. The highest BCUT2D eigenvalue weighted by Gasteiger charge is 2.32. The lowest BCUT2D eigenvalue weighted by Crippen LogP contribution is -2.35. The highest BCUT2D eigenvalue weighted by atomic mass is 16.6. The van der Waals surface area contributed by atoms with Crippen LogP contribution in [0.2, 0.25) is 0 Å². The minimum absolute atomic E-state index is 0.331. The van der Waals surface area contributed by atoms with Gasteiger partial charge in [-0.25, -0.2) is 9.59 Å². The van der Waals surface area contributed by atoms with Crippen LogP contribution in [0.5, 0.6) is 5.75 Å². The smallest absolute Gasteiger partial charge is 0.347 e. The maximum atomic E-state index is 11.7. The lowest BCUT2D eigenvalue weighted by Gasteiger charge is -2.22. The van der Waals surface area contributed by atoms with Gasteiger partial charge in [-0.2, -0.15) is 0 Å². The van der Waals surface area contributed by atoms with Gasteiger partial charge in [0.15, 0.2) is 0 Å². The number of hydrogen-bond acceptors (Lipinski definition) is 5. The quantitative estimate of drug-likeness (QED) is 0.715. The number of carbonyl (C=O) groups is 2. The van der Waals surface area contributed by atoms with Gasteiger partial charge in [0, 0.05) is 6.42 Å². The number of ether oxygens (including phenoxy) is 3. The molecule has 0 amide bonds. The Morgan fingerprint density at radius 3 is 2.82 bits per heavy atom. The lowest BCUT2D eigenvalue weighted by atomic mass is 9.98. The molecule has 5 heteroatoms. The van der Waals surface area contributed by atoms with E-state index in [9.17, 15) is 9.59 Å². The number of carbonyl (C=O) groups excluding carboxylic acids is 2. The van der Waals surface area contributed by atoms with Gasteiger partial charge in [0.1, 0.15) is 5.75 Å². The summed E-state index contributed by atoms with van der Waals surface area (Å²) in [4.78, 5) is 23.0. The lowest BCUT2D eigenvalue weighted by molar-refractivity contribution is -0.151. The molecule has 0 bridgehead atoms. The molecule has 1 aromatic carbocycles. The molecule has 0 aliphatic carbocycles. The Morgan fingerprint density at radius 2 is 2.18 bits per heavy atom. The minimum atomic E-state index is -0.853. The van der Waals surface area contributed by atoms with E-state index >= 15 is 0 Å². The maximum Gasteiger partial charge on any atom is 0.347 e. The Balaban J connectivity index is 2.32. The van der Waals surface area contributed by atoms with E-state index in [1.807, 2.05) is 0 Å². The van der Waals surface area contributed by atoms with Crippen molar-refractivity contribution >= 4 is 11.9 Å². The second-order valence-electron chi connectivity index (χ2n) is 3.64. The predicted molar refractivity (Wildman–Crippen MR) is 57.9 cm³/mol. The predicted octanol–water partition coefficient (Wildman–Crippen LogP) is 0.950. The molecule has 2 rings (SSSR count). The van der Waals surface area contributed by atoms with Gasteiger partial charge in [-0.05, 0) is 17.7 Å². The number of cyclic esters (lactones) is 1. The fourth-order valence-electron chi connectivity index (χ4n) is 1.75. The Kier molecular flexibility index (Phi) is 2.99. The van der Waals surface area contributed by atoms with E-state index in [0.717, 1.165) is 5.56 Å². The average Bonchev–Trinajstić information content (AvgIpc) is 2.37. The van der Waals surface area contributed by atoms with Crippen molar-refractivity contribution in [1.82, 2.24) is 0 Å². The topological polar surface area (TPSA) is 61.8 Å². The zero-order valence-corrected chi connectivity index (χ0v) is 9.56. The van der Waals surface area contributed by atoms with Gasteiger partial charge in [-0.3, -0.25) is 0 Å². The van der Waals surface area contributed by atoms with Gasteiger partial charge in [0.2, 0.25) is 6.10 Å². The molecule has 0 saturated carbocycles. The molecular formula is C12H12O5. The summed E-state index contributed by atoms with van der Waals surface area (Å²) >= 11 is 0. The van der Waals surface area contributed by atoms with Crippen LogP contribution in [0.3, 0.4) is 0 Å². The van der Waals surface area contributed by atoms with E-state index < -0.39 is 18.0 Å². The van der Waals surface area contributed by atoms with Crippen molar-refractivity contribution in [3.63, 3.8) is 0 Å². The first-order valence-electron chi connectivity index (χ1n) is 5.11. The number of rotatable bonds is 2. The second-order valence-corrected chi connectivity index (χ2v) is 3.64. The molecule has 0 spiro atoms. The van der Waals surface area contributed by atoms with Crippen molar-refractivity contribution in [1.29, 1.82) is 0 Å². The summed E-state index contributed by atoms with van der Waals surface area (Å²) in [5, 5.41) is 0. The second kappa shape index (κ2) is 4.45. The molecule has 1 aromatic rings. The van der Waals surface area contributed by atoms with Crippen molar-refractivity contribution < 1.29 is 23.8 Å². The number of hydrogen-bond donors (Lipinski definition) is 0. The Bertz CT molecular complexity index is 466. The van der Waals surface area contributed by atoms with E-state index in [4.69, 9.17) is 9.47 Å². The molecule has 0 aromatic heterocycles. The van der Waals surface area contributed by atoms with E-state index in [-0.39, 0.29) is 0 Å². The molecule has 0 radical (unpaired) electrons. The van der Waals surface area contributed by atoms with Gasteiger partial charge in [-0.15, -0.1) is 0 Å². The molecule has 1 aliphatic rings. The first kappa shape index (κ1) is 11.4. The van der Waals surface area contributed by atoms with Crippen LogP contribution in [0.15, 0.2) is 18.2 Å². The monoisotopic (exact) mass is 236 g/mol. The van der Waals surface area contributed by atoms with Crippen LogP contribution in [-0.4, -0.2) is 32.3 Å². The summed E-state index contributed by atoms with van der Waals surface area (Å²) in [6, 6.07) is 5.10. The summed E-state index contributed by atoms with van der Waals surface area (Å²) in [7, 11) is 2.78. The molecular weight excluding hydrogens is 224 g/mol. The van der Waals surface area contributed by atoms with E-state index in [1.165, 1.54) is 14.2 Å². The van der Waals surface area contributed by atoms with E-state index in [1.54, 1.807) is 18.2 Å². The van der Waals surface area contributed by atoms with Crippen LogP contribution in [0.25, 0.3) is 0 Å². The number of methoxy groups -OCH3 is 2. The van der Waals surface area contributed by atoms with Gasteiger partial charge in [-0.1, -0.05) is 6.07 Å². The summed E-state index contributed by atoms with van der Waals surface area (Å²) < 4.78 is 14.6. The molecule has 90 valence electrons. The zero-order valence-electron chi connectivity index (χ0n) is 9.56. The largest absolute Gasteiger partial charge is 0.497 e. The zero-order chi connectivity index (χ0) is 12.4. The molecule has 0 unspecified atom stereocenters. The van der Waals surface area contributed by atoms with Crippen LogP contribution < -0.4 is 4.74 Å². The Hall–Kier alpha value is -2.04. The van der Waals surface area contributed by atoms with Crippen LogP contribution in [-0.2, 0) is 20.7 Å². The minimum Gasteiger partial charge on any atom is -0.497 e. The SMILES string of the molecule is COC(=O)[C@@H]1Cc2ccc(OC)cc2C(=O)O1. The van der Waals surface area contributed by atoms with E-state index in [0.29, 0.717) is 17.7 Å². The van der Waals surface area contributed by atoms with Crippen molar-refractivity contribution in [2.75, 3.05) is 14.2 Å². The van der Waals surface area contributed by atoms with Crippen molar-refractivity contribution in [3.8, 4) is 5.75 Å². The van der Waals surface area contributed by atoms with Crippen LogP contribution in [0.4, 0.5) is 0 Å². The fourth-order valence-corrected chi connectivity index (χ4v) is 1.75. The van der Waals surface area contributed by atoms with Crippen molar-refractivity contribution in [3.05, 3.63) is 29.3 Å². The Morgan fingerprint density at radius 1 is 1.41 bits per heavy atom. The molecule has 0 fully saturated rings. The van der Waals surface area contributed by atoms with Crippen molar-refractivity contribution in [2.45, 2.75) is 12.5 Å². The summed E-state index contributed by atoms with van der Waals surface area (Å²) in [5.41, 5.74) is 1.20. The van der Waals surface area contributed by atoms with Gasteiger partial charge >= 0.3 is 11.9 Å². The highest BCUT2D eigenvalue weighted by Crippen LogP contribution is 2.25. The summed E-state index contributed by atoms with van der Waals surface area (Å²) in [5.74, 6) is -0.488. The molecule has 1 heterocycles. The summed E-state index contributed by atoms with van der Waals surface area (Å²) in [6.07, 6.45) is -0.522. The number of benzene rings is 1. The van der Waals surface area contributed by atoms with E-state index in [2.05, 4.69) is 4.74 Å². The highest BCUT2D eigenvalue weighted by molar-refractivity contribution is 5.95.